The molecule has 3 N–H and O–H groups in total. The zero-order valence-corrected chi connectivity index (χ0v) is 16.7. The van der Waals surface area contributed by atoms with E-state index >= 15 is 0 Å². The summed E-state index contributed by atoms with van der Waals surface area (Å²) < 4.78 is 21.2. The molecular formula is C21H21N3O6. The lowest BCUT2D eigenvalue weighted by molar-refractivity contribution is -0.117. The number of rotatable bonds is 6. The van der Waals surface area contributed by atoms with Crippen molar-refractivity contribution in [1.82, 2.24) is 10.3 Å². The maximum absolute atomic E-state index is 12.7. The van der Waals surface area contributed by atoms with Gasteiger partial charge in [-0.05, 0) is 37.3 Å². The third kappa shape index (κ3) is 3.57. The highest BCUT2D eigenvalue weighted by atomic mass is 16.7. The molecule has 1 unspecified atom stereocenters. The molecule has 2 heterocycles. The molecule has 30 heavy (non-hydrogen) atoms. The maximum atomic E-state index is 12.7. The molecule has 2 amide bonds. The Balaban J connectivity index is 1.47. The lowest BCUT2D eigenvalue weighted by Gasteiger charge is -2.14. The van der Waals surface area contributed by atoms with Gasteiger partial charge in [-0.2, -0.15) is 0 Å². The predicted molar refractivity (Wildman–Crippen MR) is 110 cm³/mol. The van der Waals surface area contributed by atoms with Crippen LogP contribution in [0, 0.1) is 0 Å². The van der Waals surface area contributed by atoms with E-state index in [0.717, 1.165) is 0 Å². The first kappa shape index (κ1) is 19.4. The van der Waals surface area contributed by atoms with Crippen molar-refractivity contribution < 1.29 is 28.5 Å². The van der Waals surface area contributed by atoms with Gasteiger partial charge in [0.15, 0.2) is 11.5 Å². The molecule has 0 spiro atoms. The largest absolute Gasteiger partial charge is 0.496 e. The first-order valence-electron chi connectivity index (χ1n) is 9.25. The van der Waals surface area contributed by atoms with Crippen molar-refractivity contribution in [2.45, 2.75) is 13.0 Å². The molecule has 3 aromatic rings. The maximum Gasteiger partial charge on any atom is 0.268 e. The Morgan fingerprint density at radius 1 is 1.03 bits per heavy atom. The fourth-order valence-electron chi connectivity index (χ4n) is 3.20. The number of nitrogens with one attached hydrogen (secondary N) is 3. The Morgan fingerprint density at radius 3 is 2.53 bits per heavy atom. The van der Waals surface area contributed by atoms with Crippen LogP contribution in [0.15, 0.2) is 36.4 Å². The summed E-state index contributed by atoms with van der Waals surface area (Å²) in [5.74, 6) is 1.58. The molecule has 1 aromatic heterocycles. The molecule has 0 fully saturated rings. The number of hydrogen-bond acceptors (Lipinski definition) is 6. The van der Waals surface area contributed by atoms with Crippen molar-refractivity contribution >= 4 is 28.4 Å². The van der Waals surface area contributed by atoms with Crippen LogP contribution < -0.4 is 29.6 Å². The van der Waals surface area contributed by atoms with Crippen LogP contribution >= 0.6 is 0 Å². The first-order chi connectivity index (χ1) is 14.5. The van der Waals surface area contributed by atoms with E-state index in [-0.39, 0.29) is 18.4 Å². The Labute approximate surface area is 172 Å². The topological polar surface area (TPSA) is 111 Å². The van der Waals surface area contributed by atoms with Gasteiger partial charge in [-0.25, -0.2) is 0 Å². The number of methoxy groups -OCH3 is 2. The van der Waals surface area contributed by atoms with E-state index in [4.69, 9.17) is 18.9 Å². The van der Waals surface area contributed by atoms with Crippen molar-refractivity contribution in [2.24, 2.45) is 0 Å². The molecule has 1 aliphatic rings. The Kier molecular flexibility index (Phi) is 5.09. The van der Waals surface area contributed by atoms with Crippen molar-refractivity contribution in [3.8, 4) is 23.0 Å². The van der Waals surface area contributed by atoms with Gasteiger partial charge in [-0.3, -0.25) is 9.59 Å². The predicted octanol–water partition coefficient (Wildman–Crippen LogP) is 2.67. The Hall–Kier alpha value is -3.88. The van der Waals surface area contributed by atoms with Crippen LogP contribution in [-0.2, 0) is 4.79 Å². The van der Waals surface area contributed by atoms with Crippen molar-refractivity contribution in [1.29, 1.82) is 0 Å². The van der Waals surface area contributed by atoms with Crippen LogP contribution in [0.1, 0.15) is 17.4 Å². The van der Waals surface area contributed by atoms with Gasteiger partial charge in [-0.15, -0.1) is 0 Å². The third-order valence-electron chi connectivity index (χ3n) is 4.78. The molecule has 0 radical (unpaired) electrons. The van der Waals surface area contributed by atoms with E-state index in [1.165, 1.54) is 0 Å². The quantitative estimate of drug-likeness (QED) is 0.575. The average molecular weight is 411 g/mol. The molecule has 2 aromatic carbocycles. The molecule has 156 valence electrons. The summed E-state index contributed by atoms with van der Waals surface area (Å²) >= 11 is 0. The number of aromatic nitrogens is 1. The molecule has 9 nitrogen and oxygen atoms in total. The zero-order valence-electron chi connectivity index (χ0n) is 16.7. The van der Waals surface area contributed by atoms with E-state index in [1.807, 2.05) is 0 Å². The van der Waals surface area contributed by atoms with Gasteiger partial charge in [0.1, 0.15) is 23.2 Å². The van der Waals surface area contributed by atoms with Gasteiger partial charge >= 0.3 is 0 Å². The lowest BCUT2D eigenvalue weighted by Crippen LogP contribution is -2.41. The summed E-state index contributed by atoms with van der Waals surface area (Å²) in [5, 5.41) is 6.14. The van der Waals surface area contributed by atoms with E-state index in [0.29, 0.717) is 39.6 Å². The summed E-state index contributed by atoms with van der Waals surface area (Å²) in [6.45, 7) is 1.75. The highest BCUT2D eigenvalue weighted by molar-refractivity contribution is 6.04. The van der Waals surface area contributed by atoms with Crippen LogP contribution in [0.25, 0.3) is 10.9 Å². The monoisotopic (exact) mass is 411 g/mol. The van der Waals surface area contributed by atoms with E-state index < -0.39 is 11.9 Å². The van der Waals surface area contributed by atoms with Gasteiger partial charge < -0.3 is 34.6 Å². The second-order valence-electron chi connectivity index (χ2n) is 6.69. The number of amides is 2. The molecule has 1 atom stereocenters. The van der Waals surface area contributed by atoms with E-state index in [9.17, 15) is 9.59 Å². The van der Waals surface area contributed by atoms with Crippen LogP contribution in [0.2, 0.25) is 0 Å². The molecule has 4 rings (SSSR count). The molecule has 1 aliphatic heterocycles. The Morgan fingerprint density at radius 2 is 1.77 bits per heavy atom. The summed E-state index contributed by atoms with van der Waals surface area (Å²) in [6.07, 6.45) is 0. The standard InChI is InChI=1S/C21H21N3O6/c1-11(20(25)23-12-4-5-16-18(8-12)30-10-29-16)22-21(26)14-9-13-15(27-2)6-7-17(28-3)19(13)24-14/h4-9,11,24H,10H2,1-3H3,(H,22,26)(H,23,25). The van der Waals surface area contributed by atoms with Gasteiger partial charge in [0.25, 0.3) is 5.91 Å². The SMILES string of the molecule is COc1ccc(OC)c2[nH]c(C(=O)NC(C)C(=O)Nc3ccc4c(c3)OCO4)cc12. The molecule has 0 saturated carbocycles. The summed E-state index contributed by atoms with van der Waals surface area (Å²) in [5.41, 5.74) is 1.47. The number of hydrogen-bond donors (Lipinski definition) is 3. The molecule has 0 aliphatic carbocycles. The highest BCUT2D eigenvalue weighted by Gasteiger charge is 2.21. The smallest absolute Gasteiger partial charge is 0.268 e. The number of H-pyrrole nitrogens is 1. The van der Waals surface area contributed by atoms with Crippen LogP contribution in [0.4, 0.5) is 5.69 Å². The first-order valence-corrected chi connectivity index (χ1v) is 9.25. The summed E-state index contributed by atoms with van der Waals surface area (Å²) in [4.78, 5) is 28.2. The zero-order chi connectivity index (χ0) is 21.3. The number of carbonyl (C=O) groups excluding carboxylic acids is 2. The Bertz CT molecular complexity index is 1080. The second kappa shape index (κ2) is 7.86. The van der Waals surface area contributed by atoms with Gasteiger partial charge in [0.2, 0.25) is 12.7 Å². The minimum Gasteiger partial charge on any atom is -0.496 e. The number of anilines is 1. The number of ether oxygens (including phenoxy) is 4. The van der Waals surface area contributed by atoms with Crippen LogP contribution in [0.5, 0.6) is 23.0 Å². The van der Waals surface area contributed by atoms with Crippen LogP contribution in [-0.4, -0.2) is 43.9 Å². The lowest BCUT2D eigenvalue weighted by atomic mass is 10.2. The molecular weight excluding hydrogens is 390 g/mol. The summed E-state index contributed by atoms with van der Waals surface area (Å²) in [7, 11) is 3.10. The van der Waals surface area contributed by atoms with Gasteiger partial charge in [0.05, 0.1) is 19.7 Å². The van der Waals surface area contributed by atoms with Crippen molar-refractivity contribution in [2.75, 3.05) is 26.3 Å². The van der Waals surface area contributed by atoms with Crippen LogP contribution in [0.3, 0.4) is 0 Å². The number of aromatic amines is 1. The average Bonchev–Trinajstić information content (AvgIpc) is 3.39. The number of benzene rings is 2. The minimum absolute atomic E-state index is 0.152. The normalized spacial score (nSPS) is 13.0. The number of carbonyl (C=O) groups is 2. The molecule has 0 bridgehead atoms. The highest BCUT2D eigenvalue weighted by Crippen LogP contribution is 2.34. The second-order valence-corrected chi connectivity index (χ2v) is 6.69. The van der Waals surface area contributed by atoms with E-state index in [2.05, 4.69) is 15.6 Å². The van der Waals surface area contributed by atoms with Crippen molar-refractivity contribution in [3.63, 3.8) is 0 Å². The van der Waals surface area contributed by atoms with E-state index in [1.54, 1.807) is 57.5 Å². The van der Waals surface area contributed by atoms with Gasteiger partial charge in [0, 0.05) is 17.1 Å². The molecule has 0 saturated heterocycles. The van der Waals surface area contributed by atoms with Crippen molar-refractivity contribution in [3.05, 3.63) is 42.1 Å². The number of fused-ring (bicyclic) bond motifs is 2. The van der Waals surface area contributed by atoms with Gasteiger partial charge in [-0.1, -0.05) is 0 Å². The minimum atomic E-state index is -0.780. The molecule has 9 heteroatoms. The third-order valence-corrected chi connectivity index (χ3v) is 4.78. The fraction of sp³-hybridized carbons (Fsp3) is 0.238. The summed E-state index contributed by atoms with van der Waals surface area (Å²) in [6, 6.07) is 9.49. The fourth-order valence-corrected chi connectivity index (χ4v) is 3.20.